The number of thiophene rings is 1. The van der Waals surface area contributed by atoms with Crippen molar-refractivity contribution in [1.82, 2.24) is 20.4 Å². The second-order valence-electron chi connectivity index (χ2n) is 6.70. The van der Waals surface area contributed by atoms with E-state index in [9.17, 15) is 9.59 Å². The number of urea groups is 1. The minimum atomic E-state index is -0.951. The molecule has 1 saturated heterocycles. The lowest BCUT2D eigenvalue weighted by molar-refractivity contribution is -0.132. The van der Waals surface area contributed by atoms with Gasteiger partial charge in [0.05, 0.1) is 0 Å². The first-order chi connectivity index (χ1) is 13.2. The van der Waals surface area contributed by atoms with Crippen molar-refractivity contribution >= 4 is 23.3 Å². The summed E-state index contributed by atoms with van der Waals surface area (Å²) in [4.78, 5) is 28.1. The van der Waals surface area contributed by atoms with Crippen LogP contribution >= 0.6 is 11.3 Å². The summed E-state index contributed by atoms with van der Waals surface area (Å²) < 4.78 is 5.66. The highest BCUT2D eigenvalue weighted by Crippen LogP contribution is 2.42. The Balaban J connectivity index is 1.42. The van der Waals surface area contributed by atoms with Crippen molar-refractivity contribution in [3.05, 3.63) is 58.1 Å². The number of hydrogen-bond donors (Lipinski definition) is 1. The number of nitrogens with one attached hydrogen (secondary N) is 1. The summed E-state index contributed by atoms with van der Waals surface area (Å²) in [6.07, 6.45) is 2.42. The average molecular weight is 380 g/mol. The third kappa shape index (κ3) is 2.48. The average Bonchev–Trinajstić information content (AvgIpc) is 3.40. The van der Waals surface area contributed by atoms with E-state index in [0.29, 0.717) is 12.3 Å². The number of benzene rings is 1. The number of carbonyl (C=O) groups is 2. The second-order valence-corrected chi connectivity index (χ2v) is 7.71. The minimum absolute atomic E-state index is 0.0360. The van der Waals surface area contributed by atoms with Crippen LogP contribution in [0.15, 0.2) is 46.2 Å². The Kier molecular flexibility index (Phi) is 3.61. The van der Waals surface area contributed by atoms with Gasteiger partial charge in [-0.3, -0.25) is 9.69 Å². The molecule has 3 aromatic rings. The van der Waals surface area contributed by atoms with E-state index in [1.165, 1.54) is 9.78 Å². The first-order valence-electron chi connectivity index (χ1n) is 8.76. The highest BCUT2D eigenvalue weighted by molar-refractivity contribution is 7.10. The summed E-state index contributed by atoms with van der Waals surface area (Å²) in [5, 5.41) is 12.9. The van der Waals surface area contributed by atoms with Crippen LogP contribution in [-0.2, 0) is 23.3 Å². The molecule has 1 N–H and O–H groups in total. The largest absolute Gasteiger partial charge is 0.419 e. The maximum absolute atomic E-state index is 13.2. The Morgan fingerprint density at radius 2 is 2.04 bits per heavy atom. The van der Waals surface area contributed by atoms with E-state index < -0.39 is 11.6 Å². The van der Waals surface area contributed by atoms with Crippen LogP contribution in [0.25, 0.3) is 11.5 Å². The first kappa shape index (κ1) is 16.2. The molecule has 3 amide bonds. The topological polar surface area (TPSA) is 88.3 Å². The number of amides is 3. The molecule has 1 aliphatic heterocycles. The van der Waals surface area contributed by atoms with Crippen molar-refractivity contribution in [1.29, 1.82) is 0 Å². The predicted octanol–water partition coefficient (Wildman–Crippen LogP) is 3.08. The maximum atomic E-state index is 13.2. The number of nitrogens with zero attached hydrogens (tertiary/aromatic N) is 3. The predicted molar refractivity (Wildman–Crippen MR) is 97.8 cm³/mol. The van der Waals surface area contributed by atoms with Crippen molar-refractivity contribution in [2.75, 3.05) is 0 Å². The molecule has 3 heterocycles. The van der Waals surface area contributed by atoms with Crippen molar-refractivity contribution in [2.45, 2.75) is 31.3 Å². The maximum Gasteiger partial charge on any atom is 0.325 e. The number of aromatic nitrogens is 2. The normalized spacial score (nSPS) is 21.6. The van der Waals surface area contributed by atoms with E-state index in [1.54, 1.807) is 11.3 Å². The van der Waals surface area contributed by atoms with Crippen LogP contribution in [0.3, 0.4) is 0 Å². The van der Waals surface area contributed by atoms with Crippen LogP contribution in [0.1, 0.15) is 29.2 Å². The van der Waals surface area contributed by atoms with Gasteiger partial charge in [0.25, 0.3) is 5.91 Å². The zero-order chi connectivity index (χ0) is 18.4. The van der Waals surface area contributed by atoms with Crippen LogP contribution < -0.4 is 5.32 Å². The SMILES string of the molecule is O=C1NC2(CCCc3sccc32)C(=O)N1Cc1nnc(-c2ccccc2)o1. The second kappa shape index (κ2) is 6.02. The van der Waals surface area contributed by atoms with Gasteiger partial charge < -0.3 is 9.73 Å². The summed E-state index contributed by atoms with van der Waals surface area (Å²) in [6, 6.07) is 10.9. The van der Waals surface area contributed by atoms with Gasteiger partial charge in [0.1, 0.15) is 12.1 Å². The first-order valence-corrected chi connectivity index (χ1v) is 9.64. The number of rotatable bonds is 3. The molecule has 2 aliphatic rings. The van der Waals surface area contributed by atoms with Crippen LogP contribution in [0.4, 0.5) is 4.79 Å². The molecule has 2 aromatic heterocycles. The van der Waals surface area contributed by atoms with Gasteiger partial charge in [-0.25, -0.2) is 4.79 Å². The van der Waals surface area contributed by atoms with Crippen molar-refractivity contribution in [2.24, 2.45) is 0 Å². The Morgan fingerprint density at radius 3 is 2.89 bits per heavy atom. The van der Waals surface area contributed by atoms with Gasteiger partial charge in [-0.05, 0) is 42.8 Å². The molecular formula is C19H16N4O3S. The Bertz CT molecular complexity index is 1030. The molecule has 1 aliphatic carbocycles. The molecule has 0 bridgehead atoms. The zero-order valence-corrected chi connectivity index (χ0v) is 15.2. The van der Waals surface area contributed by atoms with E-state index in [2.05, 4.69) is 15.5 Å². The fraction of sp³-hybridized carbons (Fsp3) is 0.263. The summed E-state index contributed by atoms with van der Waals surface area (Å²) in [5.41, 5.74) is 0.766. The molecule has 1 aromatic carbocycles. The molecular weight excluding hydrogens is 364 g/mol. The van der Waals surface area contributed by atoms with E-state index in [4.69, 9.17) is 4.42 Å². The smallest absolute Gasteiger partial charge is 0.325 e. The summed E-state index contributed by atoms with van der Waals surface area (Å²) in [6.45, 7) is -0.0360. The standard InChI is InChI=1S/C19H16N4O3S/c24-17-19(9-4-7-14-13(19)8-10-27-14)20-18(25)23(17)11-15-21-22-16(26-15)12-5-2-1-3-6-12/h1-3,5-6,8,10H,4,7,9,11H2,(H,20,25). The molecule has 1 unspecified atom stereocenters. The summed E-state index contributed by atoms with van der Waals surface area (Å²) in [7, 11) is 0. The zero-order valence-electron chi connectivity index (χ0n) is 14.3. The van der Waals surface area contributed by atoms with E-state index >= 15 is 0 Å². The lowest BCUT2D eigenvalue weighted by Gasteiger charge is -2.31. The van der Waals surface area contributed by atoms with Gasteiger partial charge in [-0.15, -0.1) is 21.5 Å². The molecule has 27 heavy (non-hydrogen) atoms. The molecule has 7 nitrogen and oxygen atoms in total. The number of carbonyl (C=O) groups excluding carboxylic acids is 2. The highest BCUT2D eigenvalue weighted by Gasteiger charge is 2.54. The molecule has 0 radical (unpaired) electrons. The van der Waals surface area contributed by atoms with Crippen molar-refractivity contribution in [3.8, 4) is 11.5 Å². The molecule has 1 fully saturated rings. The van der Waals surface area contributed by atoms with Crippen LogP contribution in [0.2, 0.25) is 0 Å². The molecule has 5 rings (SSSR count). The molecule has 8 heteroatoms. The Hall–Kier alpha value is -3.00. The van der Waals surface area contributed by atoms with Crippen molar-refractivity contribution < 1.29 is 14.0 Å². The van der Waals surface area contributed by atoms with Crippen LogP contribution in [-0.4, -0.2) is 27.0 Å². The van der Waals surface area contributed by atoms with Crippen LogP contribution in [0.5, 0.6) is 0 Å². The fourth-order valence-electron chi connectivity index (χ4n) is 3.84. The van der Waals surface area contributed by atoms with Gasteiger partial charge >= 0.3 is 6.03 Å². The third-order valence-corrected chi connectivity index (χ3v) is 6.10. The van der Waals surface area contributed by atoms with Crippen LogP contribution in [0, 0.1) is 0 Å². The number of imide groups is 1. The molecule has 1 atom stereocenters. The molecule has 0 saturated carbocycles. The van der Waals surface area contributed by atoms with E-state index in [1.807, 2.05) is 41.8 Å². The van der Waals surface area contributed by atoms with Gasteiger partial charge in [0.2, 0.25) is 11.8 Å². The number of fused-ring (bicyclic) bond motifs is 2. The lowest BCUT2D eigenvalue weighted by atomic mass is 9.80. The van der Waals surface area contributed by atoms with Crippen molar-refractivity contribution in [3.63, 3.8) is 0 Å². The quantitative estimate of drug-likeness (QED) is 0.706. The summed E-state index contributed by atoms with van der Waals surface area (Å²) >= 11 is 1.63. The highest BCUT2D eigenvalue weighted by atomic mass is 32.1. The van der Waals surface area contributed by atoms with Gasteiger partial charge in [-0.1, -0.05) is 18.2 Å². The molecule has 136 valence electrons. The van der Waals surface area contributed by atoms with E-state index in [-0.39, 0.29) is 18.3 Å². The number of hydrogen-bond acceptors (Lipinski definition) is 6. The van der Waals surface area contributed by atoms with Gasteiger partial charge in [-0.2, -0.15) is 0 Å². The third-order valence-electron chi connectivity index (χ3n) is 5.12. The molecule has 1 spiro atoms. The fourth-order valence-corrected chi connectivity index (χ4v) is 4.83. The monoisotopic (exact) mass is 380 g/mol. The Labute approximate surface area is 159 Å². The van der Waals surface area contributed by atoms with E-state index in [0.717, 1.165) is 24.0 Å². The summed E-state index contributed by atoms with van der Waals surface area (Å²) in [5.74, 6) is 0.354. The van der Waals surface area contributed by atoms with Gasteiger partial charge in [0, 0.05) is 16.0 Å². The lowest BCUT2D eigenvalue weighted by Crippen LogP contribution is -2.46. The van der Waals surface area contributed by atoms with Gasteiger partial charge in [0.15, 0.2) is 0 Å². The minimum Gasteiger partial charge on any atom is -0.419 e. The Morgan fingerprint density at radius 1 is 1.19 bits per heavy atom. The number of aryl methyl sites for hydroxylation is 1.